The number of pyridine rings is 1. The maximum absolute atomic E-state index is 15.1. The molecule has 1 aromatic carbocycles. The molecule has 2 saturated heterocycles. The van der Waals surface area contributed by atoms with Crippen LogP contribution in [0.2, 0.25) is 0 Å². The number of amides is 1. The van der Waals surface area contributed by atoms with Crippen molar-refractivity contribution in [3.8, 4) is 5.75 Å². The molecule has 2 aliphatic rings. The van der Waals surface area contributed by atoms with Gasteiger partial charge >= 0.3 is 6.09 Å². The van der Waals surface area contributed by atoms with E-state index in [0.717, 1.165) is 5.56 Å². The predicted octanol–water partition coefficient (Wildman–Crippen LogP) is 4.14. The lowest BCUT2D eigenvalue weighted by Crippen LogP contribution is -2.29. The fourth-order valence-corrected chi connectivity index (χ4v) is 4.19. The van der Waals surface area contributed by atoms with E-state index in [0.29, 0.717) is 30.9 Å². The molecule has 10 heteroatoms. The summed E-state index contributed by atoms with van der Waals surface area (Å²) in [5.74, 6) is -2.75. The lowest BCUT2D eigenvalue weighted by atomic mass is 10.1. The summed E-state index contributed by atoms with van der Waals surface area (Å²) in [6, 6.07) is 8.73. The van der Waals surface area contributed by atoms with Gasteiger partial charge in [-0.15, -0.1) is 0 Å². The smallest absolute Gasteiger partial charge is 0.407 e. The largest absolute Gasteiger partial charge is 0.489 e. The highest BCUT2D eigenvalue weighted by Crippen LogP contribution is 2.35. The Morgan fingerprint density at radius 2 is 1.97 bits per heavy atom. The summed E-state index contributed by atoms with van der Waals surface area (Å²) >= 11 is 0. The third kappa shape index (κ3) is 5.26. The molecule has 2 atom stereocenters. The number of rotatable bonds is 6. The van der Waals surface area contributed by atoms with Gasteiger partial charge in [-0.1, -0.05) is 12.1 Å². The summed E-state index contributed by atoms with van der Waals surface area (Å²) in [4.78, 5) is 18.5. The van der Waals surface area contributed by atoms with Gasteiger partial charge < -0.3 is 24.6 Å². The molecule has 1 amide bonds. The van der Waals surface area contributed by atoms with Gasteiger partial charge in [0.05, 0.1) is 31.9 Å². The maximum Gasteiger partial charge on any atom is 0.407 e. The van der Waals surface area contributed by atoms with Crippen molar-refractivity contribution >= 4 is 17.6 Å². The number of alkyl halides is 2. The Morgan fingerprint density at radius 1 is 1.21 bits per heavy atom. The lowest BCUT2D eigenvalue weighted by Gasteiger charge is -2.23. The number of carbonyl (C=O) groups excluding carboxylic acids is 1. The molecule has 1 unspecified atom stereocenters. The topological polar surface area (TPSA) is 66.9 Å². The minimum absolute atomic E-state index is 0.0284. The molecule has 1 aromatic heterocycles. The van der Waals surface area contributed by atoms with Gasteiger partial charge in [-0.05, 0) is 30.7 Å². The number of anilines is 2. The van der Waals surface area contributed by atoms with Crippen LogP contribution in [0.3, 0.4) is 0 Å². The van der Waals surface area contributed by atoms with E-state index in [1.54, 1.807) is 6.07 Å². The molecule has 2 aromatic rings. The first-order valence-corrected chi connectivity index (χ1v) is 10.9. The SMILES string of the molecule is COC(=O)N[C@@H](C)c1ccc(OC2CCN(c3ccnc(N4CCC(F)(F)C4)c3F)C2)cc1. The van der Waals surface area contributed by atoms with Crippen LogP contribution in [-0.4, -0.2) is 56.4 Å². The van der Waals surface area contributed by atoms with Gasteiger partial charge in [0.25, 0.3) is 5.92 Å². The first-order valence-electron chi connectivity index (χ1n) is 10.9. The Morgan fingerprint density at radius 3 is 2.64 bits per heavy atom. The van der Waals surface area contributed by atoms with E-state index in [-0.39, 0.29) is 30.9 Å². The number of benzene rings is 1. The van der Waals surface area contributed by atoms with E-state index in [2.05, 4.69) is 15.0 Å². The molecule has 4 rings (SSSR count). The zero-order valence-corrected chi connectivity index (χ0v) is 18.6. The van der Waals surface area contributed by atoms with Crippen LogP contribution in [0.1, 0.15) is 31.4 Å². The Bertz CT molecular complexity index is 989. The highest BCUT2D eigenvalue weighted by molar-refractivity contribution is 5.67. The Balaban J connectivity index is 1.37. The number of aromatic nitrogens is 1. The number of nitrogens with zero attached hydrogens (tertiary/aromatic N) is 3. The average molecular weight is 464 g/mol. The van der Waals surface area contributed by atoms with Crippen LogP contribution in [0.4, 0.5) is 29.5 Å². The summed E-state index contributed by atoms with van der Waals surface area (Å²) in [7, 11) is 1.31. The molecule has 2 fully saturated rings. The zero-order valence-electron chi connectivity index (χ0n) is 18.6. The molecule has 0 spiro atoms. The van der Waals surface area contributed by atoms with E-state index < -0.39 is 24.4 Å². The molecular weight excluding hydrogens is 437 g/mol. The normalized spacial score (nSPS) is 20.6. The number of hydrogen-bond donors (Lipinski definition) is 1. The van der Waals surface area contributed by atoms with Crippen LogP contribution in [0.5, 0.6) is 5.75 Å². The van der Waals surface area contributed by atoms with Crippen molar-refractivity contribution in [3.63, 3.8) is 0 Å². The Kier molecular flexibility index (Phi) is 6.53. The molecule has 0 saturated carbocycles. The second kappa shape index (κ2) is 9.36. The molecule has 1 N–H and O–H groups in total. The van der Waals surface area contributed by atoms with Gasteiger partial charge in [0.2, 0.25) is 0 Å². The number of carbonyl (C=O) groups is 1. The number of ether oxygens (including phenoxy) is 2. The van der Waals surface area contributed by atoms with Crippen molar-refractivity contribution in [2.45, 2.75) is 37.8 Å². The van der Waals surface area contributed by atoms with Crippen LogP contribution in [0, 0.1) is 5.82 Å². The number of halogens is 3. The van der Waals surface area contributed by atoms with Crippen molar-refractivity contribution in [1.29, 1.82) is 0 Å². The first-order chi connectivity index (χ1) is 15.8. The van der Waals surface area contributed by atoms with Gasteiger partial charge in [0.15, 0.2) is 11.6 Å². The molecule has 0 bridgehead atoms. The fraction of sp³-hybridized carbons (Fsp3) is 0.478. The highest BCUT2D eigenvalue weighted by atomic mass is 19.3. The standard InChI is InChI=1S/C23H27F3N4O3/c1-15(28-22(31)32-2)16-3-5-17(6-4-16)33-18-8-11-29(13-18)19-7-10-27-21(20(19)24)30-12-9-23(25,26)14-30/h3-7,10,15,18H,8-9,11-14H2,1-2H3,(H,28,31)/t15-,18?/m0/s1. The fourth-order valence-electron chi connectivity index (χ4n) is 4.19. The summed E-state index contributed by atoms with van der Waals surface area (Å²) in [6.07, 6.45) is 1.21. The van der Waals surface area contributed by atoms with Crippen molar-refractivity contribution in [2.24, 2.45) is 0 Å². The molecule has 0 aliphatic carbocycles. The molecule has 33 heavy (non-hydrogen) atoms. The van der Waals surface area contributed by atoms with Crippen molar-refractivity contribution in [3.05, 3.63) is 47.9 Å². The van der Waals surface area contributed by atoms with Crippen LogP contribution in [0.15, 0.2) is 36.5 Å². The molecule has 2 aliphatic heterocycles. The third-order valence-electron chi connectivity index (χ3n) is 6.01. The quantitative estimate of drug-likeness (QED) is 0.693. The minimum Gasteiger partial charge on any atom is -0.489 e. The lowest BCUT2D eigenvalue weighted by molar-refractivity contribution is 0.0256. The Hall–Kier alpha value is -3.17. The van der Waals surface area contributed by atoms with E-state index in [1.807, 2.05) is 36.1 Å². The van der Waals surface area contributed by atoms with E-state index in [4.69, 9.17) is 4.74 Å². The van der Waals surface area contributed by atoms with Crippen molar-refractivity contribution in [2.75, 3.05) is 43.1 Å². The number of nitrogens with one attached hydrogen (secondary N) is 1. The van der Waals surface area contributed by atoms with Gasteiger partial charge in [0, 0.05) is 32.1 Å². The number of methoxy groups -OCH3 is 1. The zero-order chi connectivity index (χ0) is 23.6. The highest BCUT2D eigenvalue weighted by Gasteiger charge is 2.40. The van der Waals surface area contributed by atoms with Crippen LogP contribution in [0.25, 0.3) is 0 Å². The van der Waals surface area contributed by atoms with Crippen LogP contribution < -0.4 is 19.9 Å². The monoisotopic (exact) mass is 464 g/mol. The van der Waals surface area contributed by atoms with Crippen molar-refractivity contribution in [1.82, 2.24) is 10.3 Å². The number of hydrogen-bond acceptors (Lipinski definition) is 6. The molecule has 7 nitrogen and oxygen atoms in total. The minimum atomic E-state index is -2.82. The van der Waals surface area contributed by atoms with Gasteiger partial charge in [-0.25, -0.2) is 22.9 Å². The average Bonchev–Trinajstić information content (AvgIpc) is 3.40. The predicted molar refractivity (Wildman–Crippen MR) is 118 cm³/mol. The van der Waals surface area contributed by atoms with Crippen LogP contribution in [-0.2, 0) is 4.74 Å². The summed E-state index contributed by atoms with van der Waals surface area (Å²) < 4.78 is 53.0. The molecule has 0 radical (unpaired) electrons. The molecular formula is C23H27F3N4O3. The van der Waals surface area contributed by atoms with Gasteiger partial charge in [0.1, 0.15) is 11.9 Å². The summed E-state index contributed by atoms with van der Waals surface area (Å²) in [6.45, 7) is 2.46. The van der Waals surface area contributed by atoms with Crippen molar-refractivity contribution < 1.29 is 27.4 Å². The van der Waals surface area contributed by atoms with E-state index in [9.17, 15) is 13.6 Å². The number of alkyl carbamates (subject to hydrolysis) is 1. The van der Waals surface area contributed by atoms with Crippen LogP contribution >= 0.6 is 0 Å². The maximum atomic E-state index is 15.1. The third-order valence-corrected chi connectivity index (χ3v) is 6.01. The summed E-state index contributed by atoms with van der Waals surface area (Å²) in [5, 5.41) is 2.70. The Labute approximate surface area is 190 Å². The van der Waals surface area contributed by atoms with E-state index >= 15 is 4.39 Å². The van der Waals surface area contributed by atoms with E-state index in [1.165, 1.54) is 18.2 Å². The van der Waals surface area contributed by atoms with Gasteiger partial charge in [-0.3, -0.25) is 0 Å². The second-order valence-electron chi connectivity index (χ2n) is 8.40. The second-order valence-corrected chi connectivity index (χ2v) is 8.40. The van der Waals surface area contributed by atoms with Gasteiger partial charge in [-0.2, -0.15) is 0 Å². The first kappa shape index (κ1) is 23.0. The molecule has 178 valence electrons. The molecule has 3 heterocycles. The summed E-state index contributed by atoms with van der Waals surface area (Å²) in [5.41, 5.74) is 1.25.